The number of allylic oxidation sites excluding steroid dienone is 7. The topological polar surface area (TPSA) is 98.0 Å². The van der Waals surface area contributed by atoms with Gasteiger partial charge in [0.15, 0.2) is 0 Å². The van der Waals surface area contributed by atoms with Crippen LogP contribution in [0.5, 0.6) is 0 Å². The lowest BCUT2D eigenvalue weighted by molar-refractivity contribution is -0.137. The SMILES string of the molecule is CC/C=C\CC(O)C(O)/C=C/C=CC=CC=CC(O)CCCCCC(=O)O. The zero-order chi connectivity index (χ0) is 20.3. The number of aliphatic hydroxyl groups excluding tert-OH is 3. The number of aliphatic hydroxyl groups is 3. The minimum Gasteiger partial charge on any atom is -0.481 e. The van der Waals surface area contributed by atoms with Gasteiger partial charge in [0.2, 0.25) is 0 Å². The van der Waals surface area contributed by atoms with Crippen LogP contribution in [0.2, 0.25) is 0 Å². The van der Waals surface area contributed by atoms with Gasteiger partial charge in [-0.1, -0.05) is 80.5 Å². The van der Waals surface area contributed by atoms with Gasteiger partial charge in [-0.2, -0.15) is 0 Å². The van der Waals surface area contributed by atoms with Crippen LogP contribution in [0.15, 0.2) is 60.8 Å². The molecule has 0 fully saturated rings. The Morgan fingerprint density at radius 1 is 0.852 bits per heavy atom. The van der Waals surface area contributed by atoms with Crippen molar-refractivity contribution in [2.24, 2.45) is 0 Å². The first kappa shape index (κ1) is 25.1. The molecular formula is C22H34O5. The normalized spacial score (nSPS) is 16.3. The highest BCUT2D eigenvalue weighted by Gasteiger charge is 2.10. The summed E-state index contributed by atoms with van der Waals surface area (Å²) < 4.78 is 0. The summed E-state index contributed by atoms with van der Waals surface area (Å²) in [6, 6.07) is 0. The lowest BCUT2D eigenvalue weighted by atomic mass is 10.1. The second kappa shape index (κ2) is 17.5. The molecule has 0 rings (SSSR count). The molecule has 3 atom stereocenters. The summed E-state index contributed by atoms with van der Waals surface area (Å²) in [6.07, 6.45) is 19.8. The summed E-state index contributed by atoms with van der Waals surface area (Å²) in [5.74, 6) is -0.779. The van der Waals surface area contributed by atoms with Gasteiger partial charge in [-0.05, 0) is 25.7 Å². The molecule has 0 saturated carbocycles. The van der Waals surface area contributed by atoms with Crippen LogP contribution in [-0.2, 0) is 4.79 Å². The van der Waals surface area contributed by atoms with Gasteiger partial charge in [-0.15, -0.1) is 0 Å². The number of aliphatic carboxylic acids is 1. The molecule has 152 valence electrons. The Hall–Kier alpha value is -1.95. The molecule has 0 bridgehead atoms. The molecular weight excluding hydrogens is 344 g/mol. The predicted octanol–water partition coefficient (Wildman–Crippen LogP) is 3.69. The van der Waals surface area contributed by atoms with Crippen molar-refractivity contribution in [2.75, 3.05) is 0 Å². The number of rotatable bonds is 15. The number of carboxylic acids is 1. The maximum absolute atomic E-state index is 10.4. The summed E-state index contributed by atoms with van der Waals surface area (Å²) in [7, 11) is 0. The van der Waals surface area contributed by atoms with Crippen molar-refractivity contribution in [3.8, 4) is 0 Å². The molecule has 5 nitrogen and oxygen atoms in total. The lowest BCUT2D eigenvalue weighted by Crippen LogP contribution is -2.22. The van der Waals surface area contributed by atoms with E-state index in [2.05, 4.69) is 0 Å². The highest BCUT2D eigenvalue weighted by atomic mass is 16.4. The van der Waals surface area contributed by atoms with Gasteiger partial charge in [0, 0.05) is 6.42 Å². The summed E-state index contributed by atoms with van der Waals surface area (Å²) in [5, 5.41) is 37.8. The van der Waals surface area contributed by atoms with Crippen molar-refractivity contribution in [1.29, 1.82) is 0 Å². The van der Waals surface area contributed by atoms with Gasteiger partial charge < -0.3 is 20.4 Å². The summed E-state index contributed by atoms with van der Waals surface area (Å²) in [6.45, 7) is 2.01. The van der Waals surface area contributed by atoms with Crippen LogP contribution < -0.4 is 0 Å². The van der Waals surface area contributed by atoms with Crippen LogP contribution in [0, 0.1) is 0 Å². The van der Waals surface area contributed by atoms with Gasteiger partial charge in [0.05, 0.1) is 18.3 Å². The van der Waals surface area contributed by atoms with Crippen molar-refractivity contribution in [1.82, 2.24) is 0 Å². The van der Waals surface area contributed by atoms with E-state index in [1.165, 1.54) is 0 Å². The fourth-order valence-corrected chi connectivity index (χ4v) is 2.20. The fourth-order valence-electron chi connectivity index (χ4n) is 2.20. The van der Waals surface area contributed by atoms with Crippen molar-refractivity contribution in [2.45, 2.75) is 70.2 Å². The molecule has 0 aromatic rings. The van der Waals surface area contributed by atoms with Crippen LogP contribution in [0.3, 0.4) is 0 Å². The third-order valence-corrected chi connectivity index (χ3v) is 3.76. The van der Waals surface area contributed by atoms with Crippen LogP contribution in [0.4, 0.5) is 0 Å². The van der Waals surface area contributed by atoms with Crippen molar-refractivity contribution < 1.29 is 25.2 Å². The third kappa shape index (κ3) is 17.2. The Morgan fingerprint density at radius 2 is 1.48 bits per heavy atom. The lowest BCUT2D eigenvalue weighted by Gasteiger charge is -2.11. The molecule has 3 unspecified atom stereocenters. The van der Waals surface area contributed by atoms with Crippen LogP contribution in [0.1, 0.15) is 51.9 Å². The van der Waals surface area contributed by atoms with Crippen LogP contribution >= 0.6 is 0 Å². The zero-order valence-electron chi connectivity index (χ0n) is 16.2. The van der Waals surface area contributed by atoms with Crippen molar-refractivity contribution in [3.63, 3.8) is 0 Å². The summed E-state index contributed by atoms with van der Waals surface area (Å²) in [4.78, 5) is 10.4. The number of unbranched alkanes of at least 4 members (excludes halogenated alkanes) is 2. The summed E-state index contributed by atoms with van der Waals surface area (Å²) >= 11 is 0. The monoisotopic (exact) mass is 378 g/mol. The number of carbonyl (C=O) groups is 1. The molecule has 0 aliphatic rings. The van der Waals surface area contributed by atoms with Crippen molar-refractivity contribution in [3.05, 3.63) is 60.8 Å². The predicted molar refractivity (Wildman–Crippen MR) is 109 cm³/mol. The molecule has 5 heteroatoms. The van der Waals surface area contributed by atoms with E-state index in [1.54, 1.807) is 48.6 Å². The van der Waals surface area contributed by atoms with E-state index < -0.39 is 24.3 Å². The number of carboxylic acid groups (broad SMARTS) is 1. The molecule has 0 aliphatic heterocycles. The first-order chi connectivity index (χ1) is 13.0. The van der Waals surface area contributed by atoms with E-state index in [1.807, 2.05) is 19.1 Å². The molecule has 0 spiro atoms. The van der Waals surface area contributed by atoms with E-state index >= 15 is 0 Å². The van der Waals surface area contributed by atoms with Crippen LogP contribution in [0.25, 0.3) is 0 Å². The van der Waals surface area contributed by atoms with Gasteiger partial charge in [0.25, 0.3) is 0 Å². The summed E-state index contributed by atoms with van der Waals surface area (Å²) in [5.41, 5.74) is 0. The Kier molecular flexibility index (Phi) is 16.2. The van der Waals surface area contributed by atoms with E-state index in [9.17, 15) is 20.1 Å². The Balaban J connectivity index is 3.94. The molecule has 27 heavy (non-hydrogen) atoms. The molecule has 0 amide bonds. The average Bonchev–Trinajstić information content (AvgIpc) is 2.63. The van der Waals surface area contributed by atoms with E-state index in [4.69, 9.17) is 5.11 Å². The maximum atomic E-state index is 10.4. The van der Waals surface area contributed by atoms with E-state index in [0.717, 1.165) is 19.3 Å². The zero-order valence-corrected chi connectivity index (χ0v) is 16.2. The molecule has 0 saturated heterocycles. The van der Waals surface area contributed by atoms with Crippen molar-refractivity contribution >= 4 is 5.97 Å². The number of hydrogen-bond acceptors (Lipinski definition) is 4. The Morgan fingerprint density at radius 3 is 2.11 bits per heavy atom. The molecule has 0 aromatic carbocycles. The molecule has 0 aliphatic carbocycles. The van der Waals surface area contributed by atoms with Gasteiger partial charge in [-0.3, -0.25) is 4.79 Å². The molecule has 0 heterocycles. The third-order valence-electron chi connectivity index (χ3n) is 3.76. The highest BCUT2D eigenvalue weighted by Crippen LogP contribution is 2.07. The van der Waals surface area contributed by atoms with E-state index in [0.29, 0.717) is 19.3 Å². The highest BCUT2D eigenvalue weighted by molar-refractivity contribution is 5.66. The molecule has 0 aromatic heterocycles. The first-order valence-corrected chi connectivity index (χ1v) is 9.56. The Bertz CT molecular complexity index is 517. The minimum atomic E-state index is -0.898. The molecule has 0 radical (unpaired) electrons. The van der Waals surface area contributed by atoms with Gasteiger partial charge in [-0.25, -0.2) is 0 Å². The molecule has 4 N–H and O–H groups in total. The maximum Gasteiger partial charge on any atom is 0.303 e. The fraction of sp³-hybridized carbons (Fsp3) is 0.500. The van der Waals surface area contributed by atoms with Gasteiger partial charge >= 0.3 is 5.97 Å². The largest absolute Gasteiger partial charge is 0.481 e. The van der Waals surface area contributed by atoms with E-state index in [-0.39, 0.29) is 6.42 Å². The Labute approximate surface area is 162 Å². The van der Waals surface area contributed by atoms with Gasteiger partial charge in [0.1, 0.15) is 0 Å². The minimum absolute atomic E-state index is 0.182. The first-order valence-electron chi connectivity index (χ1n) is 9.56. The standard InChI is InChI=1S/C22H34O5/c1-2-3-9-16-20(24)21(25)17-12-7-5-4-6-10-14-19(23)15-11-8-13-18-22(26)27/h3-7,9-10,12,14,17,19-21,23-25H,2,8,11,13,15-16,18H2,1H3,(H,26,27)/b6-4?,7-5?,9-3-,14-10?,17-12+. The van der Waals surface area contributed by atoms with Crippen LogP contribution in [-0.4, -0.2) is 44.7 Å². The smallest absolute Gasteiger partial charge is 0.303 e. The average molecular weight is 379 g/mol. The number of hydrogen-bond donors (Lipinski definition) is 4. The quantitative estimate of drug-likeness (QED) is 0.198. The second-order valence-corrected chi connectivity index (χ2v) is 6.27. The second-order valence-electron chi connectivity index (χ2n) is 6.27.